The molecular weight excluding hydrogens is 361 g/mol. The van der Waals surface area contributed by atoms with E-state index in [4.69, 9.17) is 4.74 Å². The van der Waals surface area contributed by atoms with Gasteiger partial charge in [0.25, 0.3) is 0 Å². The summed E-state index contributed by atoms with van der Waals surface area (Å²) in [5.74, 6) is 1.60. The van der Waals surface area contributed by atoms with Crippen molar-refractivity contribution in [1.82, 2.24) is 19.5 Å². The van der Waals surface area contributed by atoms with Crippen LogP contribution in [0.2, 0.25) is 6.82 Å². The number of nitrogens with one attached hydrogen (secondary N) is 1. The molecule has 11 heteroatoms. The largest absolute Gasteiger partial charge is 0.415 e. The van der Waals surface area contributed by atoms with Crippen LogP contribution in [0.4, 0.5) is 5.82 Å². The first-order valence-electron chi connectivity index (χ1n) is 8.15. The number of nitrogens with zero attached hydrogens (tertiary/aromatic N) is 4. The summed E-state index contributed by atoms with van der Waals surface area (Å²) in [4.78, 5) is 12.9. The fourth-order valence-electron chi connectivity index (χ4n) is 2.69. The van der Waals surface area contributed by atoms with E-state index in [9.17, 15) is 10.2 Å². The van der Waals surface area contributed by atoms with Gasteiger partial charge in [-0.1, -0.05) is 35.3 Å². The van der Waals surface area contributed by atoms with Crippen LogP contribution in [0.15, 0.2) is 12.7 Å². The van der Waals surface area contributed by atoms with Crippen molar-refractivity contribution in [2.45, 2.75) is 43.9 Å². The minimum Gasteiger partial charge on any atom is -0.415 e. The fourth-order valence-corrected chi connectivity index (χ4v) is 5.57. The van der Waals surface area contributed by atoms with E-state index in [2.05, 4.69) is 27.1 Å². The predicted octanol–water partition coefficient (Wildman–Crippen LogP) is 1.32. The zero-order valence-corrected chi connectivity index (χ0v) is 15.7. The van der Waals surface area contributed by atoms with Crippen molar-refractivity contribution < 1.29 is 14.9 Å². The molecule has 4 atom stereocenters. The number of anilines is 1. The van der Waals surface area contributed by atoms with Crippen molar-refractivity contribution >= 4 is 46.0 Å². The van der Waals surface area contributed by atoms with Crippen LogP contribution in [-0.2, 0) is 4.74 Å². The normalized spacial score (nSPS) is 26.2. The number of aliphatic hydroxyl groups excluding tert-OH is 2. The minimum atomic E-state index is -0.759. The smallest absolute Gasteiger partial charge is 0.241 e. The first-order chi connectivity index (χ1) is 12.2. The fraction of sp³-hybridized carbons (Fsp3) is 0.643. The number of hydrogen-bond donors (Lipinski definition) is 3. The van der Waals surface area contributed by atoms with Crippen molar-refractivity contribution in [2.24, 2.45) is 0 Å². The summed E-state index contributed by atoms with van der Waals surface area (Å²) in [5.41, 5.74) is 1.26. The van der Waals surface area contributed by atoms with Gasteiger partial charge in [-0.3, -0.25) is 4.57 Å². The van der Waals surface area contributed by atoms with Crippen molar-refractivity contribution in [3.05, 3.63) is 12.7 Å². The Balaban J connectivity index is 1.92. The van der Waals surface area contributed by atoms with E-state index in [0.717, 1.165) is 12.2 Å². The number of ether oxygens (including phenoxy) is 1. The van der Waals surface area contributed by atoms with Gasteiger partial charge in [-0.05, 0) is 6.42 Å². The molecule has 1 saturated heterocycles. The predicted molar refractivity (Wildman–Crippen MR) is 102 cm³/mol. The molecule has 0 amide bonds. The quantitative estimate of drug-likeness (QED) is 0.354. The second kappa shape index (κ2) is 8.59. The van der Waals surface area contributed by atoms with E-state index in [1.807, 2.05) is 6.82 Å². The Morgan fingerprint density at radius 3 is 2.96 bits per heavy atom. The minimum absolute atomic E-state index is 0.227. The van der Waals surface area contributed by atoms with Gasteiger partial charge in [0.2, 0.25) is 7.41 Å². The summed E-state index contributed by atoms with van der Waals surface area (Å²) < 4.78 is 7.73. The second-order valence-corrected chi connectivity index (χ2v) is 8.27. The molecule has 0 aromatic carbocycles. The number of hydrogen-bond acceptors (Lipinski definition) is 9. The van der Waals surface area contributed by atoms with Gasteiger partial charge in [-0.15, -0.1) is 0 Å². The molecule has 0 spiro atoms. The van der Waals surface area contributed by atoms with Gasteiger partial charge in [0.1, 0.15) is 23.8 Å². The van der Waals surface area contributed by atoms with Gasteiger partial charge in [0.05, 0.1) is 24.3 Å². The van der Waals surface area contributed by atoms with Crippen LogP contribution in [0.3, 0.4) is 0 Å². The summed E-state index contributed by atoms with van der Waals surface area (Å²) in [7, 11) is 5.05. The topological polar surface area (TPSA) is 105 Å². The van der Waals surface area contributed by atoms with Crippen molar-refractivity contribution in [2.75, 3.05) is 17.6 Å². The molecular formula is C14H21BN5O3S2. The third-order valence-electron chi connectivity index (χ3n) is 3.87. The summed E-state index contributed by atoms with van der Waals surface area (Å²) >= 11 is 0. The molecule has 0 bridgehead atoms. The second-order valence-electron chi connectivity index (χ2n) is 5.60. The first kappa shape index (κ1) is 18.8. The summed E-state index contributed by atoms with van der Waals surface area (Å²) in [5, 5.41) is 22.8. The van der Waals surface area contributed by atoms with Crippen molar-refractivity contribution in [3.8, 4) is 0 Å². The molecule has 3 rings (SSSR count). The monoisotopic (exact) mass is 382 g/mol. The van der Waals surface area contributed by atoms with E-state index in [-0.39, 0.29) is 11.9 Å². The maximum Gasteiger partial charge on any atom is 0.241 e. The third kappa shape index (κ3) is 3.75. The Hall–Kier alpha value is -1.01. The highest BCUT2D eigenvalue weighted by molar-refractivity contribution is 8.77. The van der Waals surface area contributed by atoms with Gasteiger partial charge in [-0.25, -0.2) is 15.0 Å². The highest BCUT2D eigenvalue weighted by atomic mass is 33.1. The zero-order chi connectivity index (χ0) is 17.8. The lowest BCUT2D eigenvalue weighted by atomic mass is 10.0. The SMILES string of the molecule is C[B]Nc1ncnc2c1ncn2[C@@H]1O[C@H](CO)C(O)C1SSCCC. The van der Waals surface area contributed by atoms with E-state index in [1.54, 1.807) is 39.9 Å². The van der Waals surface area contributed by atoms with Crippen LogP contribution < -0.4 is 5.23 Å². The Morgan fingerprint density at radius 2 is 2.24 bits per heavy atom. The molecule has 0 aliphatic carbocycles. The highest BCUT2D eigenvalue weighted by Gasteiger charge is 2.45. The summed E-state index contributed by atoms with van der Waals surface area (Å²) in [6.45, 7) is 3.75. The lowest BCUT2D eigenvalue weighted by Gasteiger charge is -2.20. The molecule has 2 aromatic heterocycles. The Labute approximate surface area is 154 Å². The van der Waals surface area contributed by atoms with E-state index < -0.39 is 18.4 Å². The van der Waals surface area contributed by atoms with Crippen LogP contribution in [0.25, 0.3) is 11.2 Å². The lowest BCUT2D eigenvalue weighted by molar-refractivity contribution is -0.0430. The van der Waals surface area contributed by atoms with Gasteiger partial charge >= 0.3 is 0 Å². The molecule has 25 heavy (non-hydrogen) atoms. The molecule has 1 aliphatic heterocycles. The number of fused-ring (bicyclic) bond motifs is 1. The number of aromatic nitrogens is 4. The lowest BCUT2D eigenvalue weighted by Crippen LogP contribution is -2.31. The van der Waals surface area contributed by atoms with Crippen LogP contribution in [0.5, 0.6) is 0 Å². The number of imidazole rings is 1. The van der Waals surface area contributed by atoms with Gasteiger partial charge in [0, 0.05) is 5.75 Å². The molecule has 1 radical (unpaired) electrons. The molecule has 8 nitrogen and oxygen atoms in total. The molecule has 3 N–H and O–H groups in total. The average molecular weight is 382 g/mol. The molecule has 2 aromatic rings. The first-order valence-corrected chi connectivity index (χ1v) is 10.5. The maximum absolute atomic E-state index is 10.5. The molecule has 1 fully saturated rings. The van der Waals surface area contributed by atoms with Crippen LogP contribution in [0.1, 0.15) is 19.6 Å². The van der Waals surface area contributed by atoms with E-state index >= 15 is 0 Å². The van der Waals surface area contributed by atoms with Crippen LogP contribution in [-0.4, -0.2) is 67.0 Å². The molecule has 0 saturated carbocycles. The van der Waals surface area contributed by atoms with E-state index in [1.165, 1.54) is 6.33 Å². The third-order valence-corrected chi connectivity index (χ3v) is 6.89. The Bertz CT molecular complexity index is 706. The Kier molecular flexibility index (Phi) is 6.45. The highest BCUT2D eigenvalue weighted by Crippen LogP contribution is 2.43. The van der Waals surface area contributed by atoms with Gasteiger partial charge in [-0.2, -0.15) is 0 Å². The van der Waals surface area contributed by atoms with Crippen molar-refractivity contribution in [3.63, 3.8) is 0 Å². The zero-order valence-electron chi connectivity index (χ0n) is 14.1. The van der Waals surface area contributed by atoms with Crippen LogP contribution >= 0.6 is 21.6 Å². The average Bonchev–Trinajstić information content (AvgIpc) is 3.18. The van der Waals surface area contributed by atoms with Gasteiger partial charge < -0.3 is 20.2 Å². The number of aliphatic hydroxyl groups is 2. The molecule has 3 heterocycles. The van der Waals surface area contributed by atoms with Gasteiger partial charge in [0.15, 0.2) is 11.9 Å². The molecule has 135 valence electrons. The van der Waals surface area contributed by atoms with E-state index in [0.29, 0.717) is 17.0 Å². The standard InChI is InChI=1S/C14H21BN5O3S2/c1-3-4-24-25-11-10(22)8(5-21)23-14(11)20-7-18-9-12(19-15-2)16-6-17-13(9)20/h6-8,10-11,14,21-22H,3-5H2,1-2H3,(H,16,17,19)/t8-,10?,11?,14-/m1/s1. The molecule has 2 unspecified atom stereocenters. The summed E-state index contributed by atoms with van der Waals surface area (Å²) in [6.07, 6.45) is 2.33. The maximum atomic E-state index is 10.5. The number of rotatable bonds is 8. The molecule has 1 aliphatic rings. The van der Waals surface area contributed by atoms with Crippen molar-refractivity contribution in [1.29, 1.82) is 0 Å². The Morgan fingerprint density at radius 1 is 1.40 bits per heavy atom. The summed E-state index contributed by atoms with van der Waals surface area (Å²) in [6, 6.07) is 0. The van der Waals surface area contributed by atoms with Crippen LogP contribution in [0, 0.1) is 0 Å².